The van der Waals surface area contributed by atoms with Crippen LogP contribution in [0.25, 0.3) is 0 Å². The number of carbonyl (C=O) groups excluding carboxylic acids is 1. The second kappa shape index (κ2) is 8.75. The molecule has 0 bridgehead atoms. The van der Waals surface area contributed by atoms with Crippen LogP contribution in [0.2, 0.25) is 0 Å². The van der Waals surface area contributed by atoms with E-state index in [4.69, 9.17) is 0 Å². The molecule has 7 nitrogen and oxygen atoms in total. The van der Waals surface area contributed by atoms with Gasteiger partial charge in [0.2, 0.25) is 5.91 Å². The van der Waals surface area contributed by atoms with Gasteiger partial charge in [-0.25, -0.2) is 0 Å². The maximum absolute atomic E-state index is 12.4. The third-order valence-electron chi connectivity index (χ3n) is 5.52. The lowest BCUT2D eigenvalue weighted by Crippen LogP contribution is -2.49. The molecule has 1 aromatic carbocycles. The van der Waals surface area contributed by atoms with Crippen LogP contribution in [0.4, 0.5) is 5.69 Å². The fourth-order valence-electron chi connectivity index (χ4n) is 3.94. The predicted octanol–water partition coefficient (Wildman–Crippen LogP) is 1.12. The van der Waals surface area contributed by atoms with E-state index in [1.54, 1.807) is 0 Å². The van der Waals surface area contributed by atoms with Crippen LogP contribution in [0.3, 0.4) is 0 Å². The van der Waals surface area contributed by atoms with E-state index in [1.165, 1.54) is 16.9 Å². The summed E-state index contributed by atoms with van der Waals surface area (Å²) in [4.78, 5) is 17.0. The lowest BCUT2D eigenvalue weighted by molar-refractivity contribution is -0.122. The summed E-state index contributed by atoms with van der Waals surface area (Å²) in [5.74, 6) is 0.0744. The molecule has 1 saturated heterocycles. The molecule has 7 heteroatoms. The summed E-state index contributed by atoms with van der Waals surface area (Å²) < 4.78 is 2.06. The summed E-state index contributed by atoms with van der Waals surface area (Å²) in [6.45, 7) is 9.64. The number of hydrogen-bond acceptors (Lipinski definition) is 5. The average Bonchev–Trinajstić information content (AvgIpc) is 2.96. The minimum Gasteiger partial charge on any atom is -0.369 e. The predicted molar refractivity (Wildman–Crippen MR) is 110 cm³/mol. The van der Waals surface area contributed by atoms with Crippen LogP contribution in [0.5, 0.6) is 0 Å². The summed E-state index contributed by atoms with van der Waals surface area (Å²) in [5.41, 5.74) is 4.70. The van der Waals surface area contributed by atoms with Crippen molar-refractivity contribution in [2.75, 3.05) is 44.2 Å². The molecule has 2 aliphatic rings. The minimum atomic E-state index is 0.0744. The molecule has 0 saturated carbocycles. The number of piperazine rings is 1. The highest BCUT2D eigenvalue weighted by Crippen LogP contribution is 2.17. The van der Waals surface area contributed by atoms with E-state index < -0.39 is 0 Å². The van der Waals surface area contributed by atoms with Crippen molar-refractivity contribution >= 4 is 11.6 Å². The number of amides is 1. The molecule has 2 aromatic rings. The summed E-state index contributed by atoms with van der Waals surface area (Å²) >= 11 is 0. The Bertz CT molecular complexity index is 785. The maximum Gasteiger partial charge on any atom is 0.234 e. The molecule has 2 N–H and O–H groups in total. The van der Waals surface area contributed by atoms with Gasteiger partial charge in [0.1, 0.15) is 0 Å². The number of benzene rings is 1. The number of anilines is 1. The Morgan fingerprint density at radius 1 is 1.18 bits per heavy atom. The van der Waals surface area contributed by atoms with E-state index in [9.17, 15) is 4.79 Å². The van der Waals surface area contributed by atoms with Crippen molar-refractivity contribution in [3.8, 4) is 0 Å². The lowest BCUT2D eigenvalue weighted by atomic mass is 10.2. The number of rotatable bonds is 5. The molecule has 3 heterocycles. The number of fused-ring (bicyclic) bond motifs is 1. The van der Waals surface area contributed by atoms with Gasteiger partial charge in [-0.2, -0.15) is 5.10 Å². The molecule has 0 spiro atoms. The van der Waals surface area contributed by atoms with Crippen LogP contribution in [-0.4, -0.2) is 59.9 Å². The first-order chi connectivity index (χ1) is 13.7. The SMILES string of the molecule is Cc1cccc(N2CCN(CC(=O)NCc3cc4n(n3)CCCNC4)CC2)c1. The standard InChI is InChI=1S/C21H30N6O/c1-17-4-2-5-19(12-17)26-10-8-25(9-11-26)16-21(28)23-14-18-13-20-15-22-6-3-7-27(20)24-18/h2,4-5,12-13,22H,3,6-11,14-16H2,1H3,(H,23,28). The monoisotopic (exact) mass is 382 g/mol. The normalized spacial score (nSPS) is 17.8. The van der Waals surface area contributed by atoms with Gasteiger partial charge >= 0.3 is 0 Å². The van der Waals surface area contributed by atoms with Crippen molar-refractivity contribution in [2.24, 2.45) is 0 Å². The largest absolute Gasteiger partial charge is 0.369 e. The molecule has 1 aromatic heterocycles. The van der Waals surface area contributed by atoms with Gasteiger partial charge in [-0.1, -0.05) is 12.1 Å². The number of nitrogens with one attached hydrogen (secondary N) is 2. The molecular weight excluding hydrogens is 352 g/mol. The number of aromatic nitrogens is 2. The van der Waals surface area contributed by atoms with Gasteiger partial charge in [0.05, 0.1) is 24.5 Å². The van der Waals surface area contributed by atoms with Crippen LogP contribution < -0.4 is 15.5 Å². The van der Waals surface area contributed by atoms with Gasteiger partial charge in [0.15, 0.2) is 0 Å². The fourth-order valence-corrected chi connectivity index (χ4v) is 3.94. The molecule has 0 radical (unpaired) electrons. The molecule has 4 rings (SSSR count). The number of nitrogens with zero attached hydrogens (tertiary/aromatic N) is 4. The van der Waals surface area contributed by atoms with E-state index >= 15 is 0 Å². The molecule has 1 amide bonds. The molecule has 2 aliphatic heterocycles. The van der Waals surface area contributed by atoms with E-state index in [1.807, 2.05) is 0 Å². The van der Waals surface area contributed by atoms with Gasteiger partial charge in [0, 0.05) is 45.0 Å². The first-order valence-corrected chi connectivity index (χ1v) is 10.2. The summed E-state index contributed by atoms with van der Waals surface area (Å²) in [6.07, 6.45) is 1.09. The minimum absolute atomic E-state index is 0.0744. The lowest BCUT2D eigenvalue weighted by Gasteiger charge is -2.35. The molecule has 150 valence electrons. The van der Waals surface area contributed by atoms with E-state index in [0.717, 1.165) is 57.9 Å². The van der Waals surface area contributed by atoms with E-state index in [2.05, 4.69) is 67.5 Å². The molecule has 0 atom stereocenters. The second-order valence-corrected chi connectivity index (χ2v) is 7.76. The zero-order valence-corrected chi connectivity index (χ0v) is 16.7. The molecule has 28 heavy (non-hydrogen) atoms. The molecule has 1 fully saturated rings. The topological polar surface area (TPSA) is 65.4 Å². The van der Waals surface area contributed by atoms with Crippen molar-refractivity contribution in [3.63, 3.8) is 0 Å². The number of carbonyl (C=O) groups is 1. The van der Waals surface area contributed by atoms with Crippen LogP contribution in [0.15, 0.2) is 30.3 Å². The van der Waals surface area contributed by atoms with Gasteiger partial charge in [0.25, 0.3) is 0 Å². The summed E-state index contributed by atoms with van der Waals surface area (Å²) in [5, 5.41) is 11.0. The van der Waals surface area contributed by atoms with Gasteiger partial charge < -0.3 is 15.5 Å². The maximum atomic E-state index is 12.4. The van der Waals surface area contributed by atoms with Gasteiger partial charge in [-0.3, -0.25) is 14.4 Å². The number of aryl methyl sites for hydroxylation is 2. The third-order valence-corrected chi connectivity index (χ3v) is 5.52. The highest BCUT2D eigenvalue weighted by Gasteiger charge is 2.19. The zero-order valence-electron chi connectivity index (χ0n) is 16.7. The van der Waals surface area contributed by atoms with Crippen molar-refractivity contribution < 1.29 is 4.79 Å². The second-order valence-electron chi connectivity index (χ2n) is 7.76. The highest BCUT2D eigenvalue weighted by molar-refractivity contribution is 5.78. The summed E-state index contributed by atoms with van der Waals surface area (Å²) in [6, 6.07) is 10.7. The van der Waals surface area contributed by atoms with Crippen molar-refractivity contribution in [1.29, 1.82) is 0 Å². The van der Waals surface area contributed by atoms with Crippen molar-refractivity contribution in [2.45, 2.75) is 33.0 Å². The first kappa shape index (κ1) is 19.0. The Morgan fingerprint density at radius 3 is 2.86 bits per heavy atom. The van der Waals surface area contributed by atoms with Crippen LogP contribution >= 0.6 is 0 Å². The Morgan fingerprint density at radius 2 is 2.04 bits per heavy atom. The highest BCUT2D eigenvalue weighted by atomic mass is 16.2. The Kier molecular flexibility index (Phi) is 5.92. The Balaban J connectivity index is 1.22. The smallest absolute Gasteiger partial charge is 0.234 e. The number of hydrogen-bond donors (Lipinski definition) is 2. The van der Waals surface area contributed by atoms with Gasteiger partial charge in [-0.15, -0.1) is 0 Å². The van der Waals surface area contributed by atoms with Crippen molar-refractivity contribution in [1.82, 2.24) is 25.3 Å². The van der Waals surface area contributed by atoms with Crippen LogP contribution in [0.1, 0.15) is 23.4 Å². The molecule has 0 unspecified atom stereocenters. The van der Waals surface area contributed by atoms with E-state index in [-0.39, 0.29) is 5.91 Å². The third kappa shape index (κ3) is 4.72. The first-order valence-electron chi connectivity index (χ1n) is 10.2. The fraction of sp³-hybridized carbons (Fsp3) is 0.524. The summed E-state index contributed by atoms with van der Waals surface area (Å²) in [7, 11) is 0. The molecular formula is C21H30N6O. The van der Waals surface area contributed by atoms with Crippen LogP contribution in [-0.2, 0) is 24.4 Å². The van der Waals surface area contributed by atoms with Crippen LogP contribution in [0, 0.1) is 6.92 Å². The molecule has 0 aliphatic carbocycles. The Labute approximate surface area is 166 Å². The zero-order chi connectivity index (χ0) is 19.3. The van der Waals surface area contributed by atoms with E-state index in [0.29, 0.717) is 13.1 Å². The van der Waals surface area contributed by atoms with Gasteiger partial charge in [-0.05, 0) is 43.7 Å². The Hall–Kier alpha value is -2.38. The quantitative estimate of drug-likeness (QED) is 0.811. The van der Waals surface area contributed by atoms with Crippen molar-refractivity contribution in [3.05, 3.63) is 47.3 Å². The average molecular weight is 383 g/mol.